The Balaban J connectivity index is 1.73. The highest BCUT2D eigenvalue weighted by Gasteiger charge is 2.22. The van der Waals surface area contributed by atoms with E-state index < -0.39 is 5.38 Å². The van der Waals surface area contributed by atoms with Crippen molar-refractivity contribution in [3.63, 3.8) is 0 Å². The second-order valence-electron chi connectivity index (χ2n) is 7.49. The van der Waals surface area contributed by atoms with E-state index in [4.69, 9.17) is 16.3 Å². The Kier molecular flexibility index (Phi) is 8.74. The summed E-state index contributed by atoms with van der Waals surface area (Å²) in [5.41, 5.74) is 2.72. The van der Waals surface area contributed by atoms with Crippen LogP contribution in [-0.2, 0) is 9.53 Å². The average Bonchev–Trinajstić information content (AvgIpc) is 3.33. The quantitative estimate of drug-likeness (QED) is 0.422. The maximum Gasteiger partial charge on any atom is 0.253 e. The topological polar surface area (TPSA) is 70.7 Å². The maximum atomic E-state index is 12.9. The number of alkyl halides is 1. The third-order valence-corrected chi connectivity index (χ3v) is 5.68. The van der Waals surface area contributed by atoms with Gasteiger partial charge in [-0.25, -0.2) is 0 Å². The van der Waals surface area contributed by atoms with Crippen molar-refractivity contribution in [1.82, 2.24) is 5.32 Å². The molecule has 0 bridgehead atoms. The van der Waals surface area contributed by atoms with Crippen LogP contribution in [0.2, 0.25) is 0 Å². The van der Waals surface area contributed by atoms with Crippen molar-refractivity contribution >= 4 is 34.8 Å². The van der Waals surface area contributed by atoms with Crippen LogP contribution in [0.3, 0.4) is 0 Å². The summed E-state index contributed by atoms with van der Waals surface area (Å²) < 4.78 is 5.33. The van der Waals surface area contributed by atoms with Gasteiger partial charge in [0, 0.05) is 44.2 Å². The SMILES string of the molecule is CCOCCCNC(=O)c1cc(NC(=O)C(Cl)c2ccccc2)ccc1N1CCCC1. The summed E-state index contributed by atoms with van der Waals surface area (Å²) in [6.07, 6.45) is 2.97. The first-order valence-corrected chi connectivity index (χ1v) is 11.3. The van der Waals surface area contributed by atoms with Crippen LogP contribution in [-0.4, -0.2) is 44.7 Å². The number of ether oxygens (including phenoxy) is 1. The average molecular weight is 444 g/mol. The minimum atomic E-state index is -0.810. The Bertz CT molecular complexity index is 870. The fraction of sp³-hybridized carbons (Fsp3) is 0.417. The van der Waals surface area contributed by atoms with E-state index in [1.165, 1.54) is 0 Å². The number of carbonyl (C=O) groups excluding carboxylic acids is 2. The Morgan fingerprint density at radius 3 is 2.58 bits per heavy atom. The Morgan fingerprint density at radius 1 is 1.13 bits per heavy atom. The third kappa shape index (κ3) is 6.45. The van der Waals surface area contributed by atoms with Crippen molar-refractivity contribution in [1.29, 1.82) is 0 Å². The number of carbonyl (C=O) groups is 2. The van der Waals surface area contributed by atoms with Gasteiger partial charge < -0.3 is 20.3 Å². The standard InChI is InChI=1S/C24H30ClN3O3/c1-2-31-16-8-13-26-23(29)20-17-19(11-12-21(20)28-14-6-7-15-28)27-24(30)22(25)18-9-4-3-5-10-18/h3-5,9-12,17,22H,2,6-8,13-16H2,1H3,(H,26,29)(H,27,30). The second-order valence-corrected chi connectivity index (χ2v) is 7.93. The molecule has 166 valence electrons. The first-order valence-electron chi connectivity index (χ1n) is 10.8. The molecule has 2 N–H and O–H groups in total. The summed E-state index contributed by atoms with van der Waals surface area (Å²) in [6.45, 7) is 5.61. The van der Waals surface area contributed by atoms with Gasteiger partial charge >= 0.3 is 0 Å². The van der Waals surface area contributed by atoms with E-state index in [9.17, 15) is 9.59 Å². The molecule has 1 aliphatic rings. The normalized spacial score (nSPS) is 14.3. The molecule has 1 fully saturated rings. The molecule has 1 heterocycles. The summed E-state index contributed by atoms with van der Waals surface area (Å²) in [7, 11) is 0. The number of nitrogens with zero attached hydrogens (tertiary/aromatic N) is 1. The third-order valence-electron chi connectivity index (χ3n) is 5.23. The fourth-order valence-electron chi connectivity index (χ4n) is 3.62. The van der Waals surface area contributed by atoms with E-state index in [0.29, 0.717) is 31.0 Å². The van der Waals surface area contributed by atoms with Crippen molar-refractivity contribution in [2.75, 3.05) is 43.1 Å². The zero-order valence-electron chi connectivity index (χ0n) is 17.9. The van der Waals surface area contributed by atoms with E-state index in [1.54, 1.807) is 6.07 Å². The zero-order valence-corrected chi connectivity index (χ0v) is 18.7. The highest BCUT2D eigenvalue weighted by molar-refractivity contribution is 6.32. The molecule has 0 saturated carbocycles. The lowest BCUT2D eigenvalue weighted by Gasteiger charge is -2.22. The first-order chi connectivity index (χ1) is 15.1. The molecule has 0 aromatic heterocycles. The fourth-order valence-corrected chi connectivity index (χ4v) is 3.82. The molecule has 2 aromatic rings. The molecule has 1 atom stereocenters. The monoisotopic (exact) mass is 443 g/mol. The van der Waals surface area contributed by atoms with E-state index in [0.717, 1.165) is 43.6 Å². The van der Waals surface area contributed by atoms with Crippen molar-refractivity contribution < 1.29 is 14.3 Å². The molecule has 7 heteroatoms. The van der Waals surface area contributed by atoms with E-state index in [1.807, 2.05) is 49.4 Å². The highest BCUT2D eigenvalue weighted by atomic mass is 35.5. The molecule has 1 aliphatic heterocycles. The predicted octanol–water partition coefficient (Wildman–Crippen LogP) is 4.36. The molecule has 0 spiro atoms. The summed E-state index contributed by atoms with van der Waals surface area (Å²) in [4.78, 5) is 27.8. The van der Waals surface area contributed by atoms with Crippen molar-refractivity contribution in [2.45, 2.75) is 31.6 Å². The van der Waals surface area contributed by atoms with Gasteiger partial charge in [-0.3, -0.25) is 9.59 Å². The minimum Gasteiger partial charge on any atom is -0.382 e. The molecule has 1 unspecified atom stereocenters. The molecular formula is C24H30ClN3O3. The minimum absolute atomic E-state index is 0.153. The smallest absolute Gasteiger partial charge is 0.253 e. The summed E-state index contributed by atoms with van der Waals surface area (Å²) in [5.74, 6) is -0.482. The van der Waals surface area contributed by atoms with Crippen LogP contribution in [0.25, 0.3) is 0 Å². The van der Waals surface area contributed by atoms with Crippen LogP contribution in [0.1, 0.15) is 47.5 Å². The summed E-state index contributed by atoms with van der Waals surface area (Å²) in [5, 5.41) is 5.00. The first kappa shape index (κ1) is 23.1. The van der Waals surface area contributed by atoms with Gasteiger partial charge in [0.05, 0.1) is 5.56 Å². The number of hydrogen-bond acceptors (Lipinski definition) is 4. The molecule has 2 aromatic carbocycles. The number of rotatable bonds is 10. The lowest BCUT2D eigenvalue weighted by Crippen LogP contribution is -2.29. The van der Waals surface area contributed by atoms with Crippen molar-refractivity contribution in [2.24, 2.45) is 0 Å². The van der Waals surface area contributed by atoms with Crippen LogP contribution in [0.5, 0.6) is 0 Å². The molecule has 3 rings (SSSR count). The molecule has 0 aliphatic carbocycles. The molecule has 0 radical (unpaired) electrons. The van der Waals surface area contributed by atoms with Gasteiger partial charge in [-0.05, 0) is 49.9 Å². The lowest BCUT2D eigenvalue weighted by molar-refractivity contribution is -0.116. The van der Waals surface area contributed by atoms with Gasteiger partial charge in [-0.15, -0.1) is 11.6 Å². The second kappa shape index (κ2) is 11.7. The molecule has 1 saturated heterocycles. The Hall–Kier alpha value is -2.57. The van der Waals surface area contributed by atoms with E-state index in [2.05, 4.69) is 15.5 Å². The molecule has 6 nitrogen and oxygen atoms in total. The number of nitrogens with one attached hydrogen (secondary N) is 2. The van der Waals surface area contributed by atoms with Crippen molar-refractivity contribution in [3.8, 4) is 0 Å². The largest absolute Gasteiger partial charge is 0.382 e. The van der Waals surface area contributed by atoms with E-state index in [-0.39, 0.29) is 11.8 Å². The molecule has 2 amide bonds. The van der Waals surface area contributed by atoms with Crippen LogP contribution in [0.15, 0.2) is 48.5 Å². The summed E-state index contributed by atoms with van der Waals surface area (Å²) >= 11 is 6.34. The molecular weight excluding hydrogens is 414 g/mol. The summed E-state index contributed by atoms with van der Waals surface area (Å²) in [6, 6.07) is 14.7. The Labute approximate surface area is 188 Å². The predicted molar refractivity (Wildman–Crippen MR) is 125 cm³/mol. The molecule has 31 heavy (non-hydrogen) atoms. The van der Waals surface area contributed by atoms with Gasteiger partial charge in [-0.2, -0.15) is 0 Å². The van der Waals surface area contributed by atoms with Gasteiger partial charge in [-0.1, -0.05) is 30.3 Å². The van der Waals surface area contributed by atoms with Gasteiger partial charge in [0.25, 0.3) is 5.91 Å². The lowest BCUT2D eigenvalue weighted by atomic mass is 10.1. The number of benzene rings is 2. The number of hydrogen-bond donors (Lipinski definition) is 2. The van der Waals surface area contributed by atoms with Crippen LogP contribution >= 0.6 is 11.6 Å². The van der Waals surface area contributed by atoms with Crippen LogP contribution in [0.4, 0.5) is 11.4 Å². The highest BCUT2D eigenvalue weighted by Crippen LogP contribution is 2.29. The van der Waals surface area contributed by atoms with Gasteiger partial charge in [0.2, 0.25) is 5.91 Å². The van der Waals surface area contributed by atoms with Gasteiger partial charge in [0.15, 0.2) is 0 Å². The maximum absolute atomic E-state index is 12.9. The van der Waals surface area contributed by atoms with Gasteiger partial charge in [0.1, 0.15) is 5.38 Å². The Morgan fingerprint density at radius 2 is 1.87 bits per heavy atom. The van der Waals surface area contributed by atoms with Crippen LogP contribution in [0, 0.1) is 0 Å². The zero-order chi connectivity index (χ0) is 22.1. The van der Waals surface area contributed by atoms with E-state index >= 15 is 0 Å². The number of amides is 2. The van der Waals surface area contributed by atoms with Crippen molar-refractivity contribution in [3.05, 3.63) is 59.7 Å². The van der Waals surface area contributed by atoms with Crippen LogP contribution < -0.4 is 15.5 Å². The number of halogens is 1. The number of anilines is 2.